The molecule has 1 aromatic carbocycles. The molecule has 3 N–H and O–H groups in total. The van der Waals surface area contributed by atoms with Crippen molar-refractivity contribution in [1.29, 1.82) is 0 Å². The summed E-state index contributed by atoms with van der Waals surface area (Å²) in [7, 11) is 1.86. The smallest absolute Gasteiger partial charge is 0.226 e. The Morgan fingerprint density at radius 1 is 1.24 bits per heavy atom. The van der Waals surface area contributed by atoms with Gasteiger partial charge in [-0.05, 0) is 18.9 Å². The van der Waals surface area contributed by atoms with Gasteiger partial charge in [0.15, 0.2) is 5.65 Å². The van der Waals surface area contributed by atoms with Gasteiger partial charge in [0.2, 0.25) is 5.95 Å². The molecule has 1 fully saturated rings. The predicted octanol–water partition coefficient (Wildman–Crippen LogP) is 2.02. The van der Waals surface area contributed by atoms with E-state index in [4.69, 9.17) is 5.73 Å². The Hall–Kier alpha value is -2.67. The van der Waals surface area contributed by atoms with Crippen molar-refractivity contribution in [2.45, 2.75) is 32.0 Å². The molecule has 1 aliphatic rings. The highest BCUT2D eigenvalue weighted by Crippen LogP contribution is 2.24. The van der Waals surface area contributed by atoms with Crippen LogP contribution in [0.1, 0.15) is 18.9 Å². The molecule has 4 rings (SSSR count). The molecule has 0 bridgehead atoms. The number of hydrogen-bond donors (Lipinski definition) is 2. The number of aromatic nitrogens is 4. The first-order valence-electron chi connectivity index (χ1n) is 8.60. The first kappa shape index (κ1) is 15.8. The van der Waals surface area contributed by atoms with E-state index in [0.29, 0.717) is 23.8 Å². The zero-order valence-corrected chi connectivity index (χ0v) is 14.6. The van der Waals surface area contributed by atoms with Gasteiger partial charge in [-0.25, -0.2) is 0 Å². The van der Waals surface area contributed by atoms with Gasteiger partial charge in [-0.3, -0.25) is 9.58 Å². The highest BCUT2D eigenvalue weighted by molar-refractivity contribution is 5.86. The van der Waals surface area contributed by atoms with E-state index in [2.05, 4.69) is 62.5 Å². The SMILES string of the molecule is C[C@@H]1C[C@H](Nc2nc(N)c3cnn(C)c3n2)CN1Cc1ccccc1. The summed E-state index contributed by atoms with van der Waals surface area (Å²) >= 11 is 0. The number of anilines is 2. The summed E-state index contributed by atoms with van der Waals surface area (Å²) in [4.78, 5) is 11.5. The lowest BCUT2D eigenvalue weighted by Gasteiger charge is -2.20. The van der Waals surface area contributed by atoms with E-state index in [9.17, 15) is 0 Å². The van der Waals surface area contributed by atoms with Gasteiger partial charge >= 0.3 is 0 Å². The third-order valence-electron chi connectivity index (χ3n) is 4.89. The fourth-order valence-electron chi connectivity index (χ4n) is 3.53. The number of aryl methyl sites for hydroxylation is 1. The van der Waals surface area contributed by atoms with Crippen LogP contribution in [0, 0.1) is 0 Å². The number of nitrogens with two attached hydrogens (primary N) is 1. The molecule has 0 aliphatic carbocycles. The van der Waals surface area contributed by atoms with E-state index in [1.165, 1.54) is 5.56 Å². The van der Waals surface area contributed by atoms with E-state index in [1.807, 2.05) is 7.05 Å². The lowest BCUT2D eigenvalue weighted by molar-refractivity contribution is 0.259. The molecule has 25 heavy (non-hydrogen) atoms. The summed E-state index contributed by atoms with van der Waals surface area (Å²) in [6.45, 7) is 4.19. The highest BCUT2D eigenvalue weighted by atomic mass is 15.3. The van der Waals surface area contributed by atoms with Crippen LogP contribution >= 0.6 is 0 Å². The zero-order valence-electron chi connectivity index (χ0n) is 14.6. The van der Waals surface area contributed by atoms with Gasteiger partial charge in [-0.15, -0.1) is 0 Å². The van der Waals surface area contributed by atoms with Crippen LogP contribution in [-0.2, 0) is 13.6 Å². The molecule has 1 aliphatic heterocycles. The van der Waals surface area contributed by atoms with Crippen molar-refractivity contribution in [1.82, 2.24) is 24.6 Å². The van der Waals surface area contributed by atoms with E-state index in [1.54, 1.807) is 10.9 Å². The number of nitrogens with zero attached hydrogens (tertiary/aromatic N) is 5. The maximum atomic E-state index is 6.05. The van der Waals surface area contributed by atoms with Crippen LogP contribution in [0.15, 0.2) is 36.5 Å². The molecule has 0 saturated carbocycles. The molecule has 3 heterocycles. The van der Waals surface area contributed by atoms with Gasteiger partial charge in [0.25, 0.3) is 0 Å². The van der Waals surface area contributed by atoms with Crippen molar-refractivity contribution in [2.75, 3.05) is 17.6 Å². The van der Waals surface area contributed by atoms with Crippen LogP contribution < -0.4 is 11.1 Å². The zero-order chi connectivity index (χ0) is 17.4. The standard InChI is InChI=1S/C18H23N7/c1-12-8-14(11-25(12)10-13-6-4-3-5-7-13)21-18-22-16(19)15-9-20-24(2)17(15)23-18/h3-7,9,12,14H,8,10-11H2,1-2H3,(H3,19,21,22,23)/t12-,14+/m1/s1. The number of nitrogens with one attached hydrogen (secondary N) is 1. The third kappa shape index (κ3) is 3.15. The molecule has 0 amide bonds. The average molecular weight is 337 g/mol. The Labute approximate surface area is 146 Å². The van der Waals surface area contributed by atoms with Crippen LogP contribution in [0.25, 0.3) is 11.0 Å². The first-order valence-corrected chi connectivity index (χ1v) is 8.60. The van der Waals surface area contributed by atoms with Crippen molar-refractivity contribution < 1.29 is 0 Å². The fraction of sp³-hybridized carbons (Fsp3) is 0.389. The van der Waals surface area contributed by atoms with E-state index in [-0.39, 0.29) is 0 Å². The highest BCUT2D eigenvalue weighted by Gasteiger charge is 2.29. The minimum absolute atomic E-state index is 0.309. The second-order valence-corrected chi connectivity index (χ2v) is 6.78. The summed E-state index contributed by atoms with van der Waals surface area (Å²) in [6.07, 6.45) is 2.76. The van der Waals surface area contributed by atoms with Gasteiger partial charge in [-0.1, -0.05) is 30.3 Å². The second kappa shape index (κ2) is 6.33. The molecule has 1 saturated heterocycles. The van der Waals surface area contributed by atoms with Crippen LogP contribution in [0.5, 0.6) is 0 Å². The summed E-state index contributed by atoms with van der Waals surface area (Å²) < 4.78 is 1.72. The van der Waals surface area contributed by atoms with Gasteiger partial charge in [0.1, 0.15) is 5.82 Å². The van der Waals surface area contributed by atoms with Crippen molar-refractivity contribution in [3.05, 3.63) is 42.1 Å². The number of nitrogen functional groups attached to an aromatic ring is 1. The Morgan fingerprint density at radius 3 is 2.84 bits per heavy atom. The summed E-state index contributed by atoms with van der Waals surface area (Å²) in [5, 5.41) is 8.44. The van der Waals surface area contributed by atoms with Crippen molar-refractivity contribution in [2.24, 2.45) is 7.05 Å². The average Bonchev–Trinajstić information content (AvgIpc) is 3.12. The van der Waals surface area contributed by atoms with Crippen LogP contribution in [0.2, 0.25) is 0 Å². The van der Waals surface area contributed by atoms with E-state index >= 15 is 0 Å². The van der Waals surface area contributed by atoms with Gasteiger partial charge < -0.3 is 11.1 Å². The van der Waals surface area contributed by atoms with E-state index < -0.39 is 0 Å². The maximum Gasteiger partial charge on any atom is 0.226 e. The monoisotopic (exact) mass is 337 g/mol. The van der Waals surface area contributed by atoms with Crippen molar-refractivity contribution in [3.8, 4) is 0 Å². The molecule has 3 aromatic rings. The summed E-state index contributed by atoms with van der Waals surface area (Å²) in [5.74, 6) is 1.04. The van der Waals surface area contributed by atoms with Crippen LogP contribution in [0.4, 0.5) is 11.8 Å². The first-order chi connectivity index (χ1) is 12.1. The van der Waals surface area contributed by atoms with Crippen LogP contribution in [-0.4, -0.2) is 43.3 Å². The number of rotatable bonds is 4. The van der Waals surface area contributed by atoms with Gasteiger partial charge in [0.05, 0.1) is 11.6 Å². The largest absolute Gasteiger partial charge is 0.383 e. The molecule has 2 atom stereocenters. The number of hydrogen-bond acceptors (Lipinski definition) is 6. The van der Waals surface area contributed by atoms with Crippen LogP contribution in [0.3, 0.4) is 0 Å². The minimum Gasteiger partial charge on any atom is -0.383 e. The predicted molar refractivity (Wildman–Crippen MR) is 99.1 cm³/mol. The Kier molecular flexibility index (Phi) is 4.01. The lowest BCUT2D eigenvalue weighted by atomic mass is 10.2. The van der Waals surface area contributed by atoms with Crippen molar-refractivity contribution in [3.63, 3.8) is 0 Å². The minimum atomic E-state index is 0.309. The Bertz CT molecular complexity index is 874. The number of benzene rings is 1. The quantitative estimate of drug-likeness (QED) is 0.758. The van der Waals surface area contributed by atoms with Gasteiger partial charge in [0, 0.05) is 32.2 Å². The Balaban J connectivity index is 1.47. The molecule has 7 nitrogen and oxygen atoms in total. The molecule has 2 aromatic heterocycles. The maximum absolute atomic E-state index is 6.05. The normalized spacial score (nSPS) is 21.0. The lowest BCUT2D eigenvalue weighted by Crippen LogP contribution is -2.29. The fourth-order valence-corrected chi connectivity index (χ4v) is 3.53. The molecule has 0 unspecified atom stereocenters. The van der Waals surface area contributed by atoms with Gasteiger partial charge in [-0.2, -0.15) is 15.1 Å². The Morgan fingerprint density at radius 2 is 2.04 bits per heavy atom. The van der Waals surface area contributed by atoms with E-state index in [0.717, 1.165) is 30.5 Å². The molecule has 130 valence electrons. The molecule has 0 spiro atoms. The molecular formula is C18H23N7. The third-order valence-corrected chi connectivity index (χ3v) is 4.89. The summed E-state index contributed by atoms with van der Waals surface area (Å²) in [5.41, 5.74) is 8.14. The molecule has 0 radical (unpaired) electrons. The van der Waals surface area contributed by atoms with Crippen molar-refractivity contribution >= 4 is 22.8 Å². The number of fused-ring (bicyclic) bond motifs is 1. The molecule has 7 heteroatoms. The summed E-state index contributed by atoms with van der Waals surface area (Å²) in [6, 6.07) is 11.4. The second-order valence-electron chi connectivity index (χ2n) is 6.78. The molecular weight excluding hydrogens is 314 g/mol. The number of likely N-dealkylation sites (tertiary alicyclic amines) is 1. The topological polar surface area (TPSA) is 84.9 Å².